The van der Waals surface area contributed by atoms with Crippen molar-refractivity contribution in [2.24, 2.45) is 5.84 Å². The van der Waals surface area contributed by atoms with Crippen molar-refractivity contribution in [3.63, 3.8) is 0 Å². The van der Waals surface area contributed by atoms with Crippen LogP contribution in [0.3, 0.4) is 0 Å². The molecule has 0 radical (unpaired) electrons. The number of hydrogen-bond donors (Lipinski definition) is 3. The number of carbonyl (C=O) groups is 2. The lowest BCUT2D eigenvalue weighted by Crippen LogP contribution is -2.55. The van der Waals surface area contributed by atoms with Crippen molar-refractivity contribution in [2.75, 3.05) is 7.11 Å². The van der Waals surface area contributed by atoms with E-state index in [9.17, 15) is 14.7 Å². The minimum Gasteiger partial charge on any atom is -0.504 e. The Balaban J connectivity index is 2.26. The number of ether oxygens (including phenoxy) is 2. The van der Waals surface area contributed by atoms with Crippen molar-refractivity contribution in [1.29, 1.82) is 0 Å². The molecule has 1 unspecified atom stereocenters. The molecule has 4 N–H and O–H groups in total. The number of phenolic OH excluding ortho intramolecular Hbond substituents is 1. The standard InChI is InChI=1S/C19H22N2O5/c1-12-6-4-5-7-14(12)17(23)26-16-10-13(8-9-15(16)22)11-19(2,21-20)18(24)25-3/h4-10,21-22H,11,20H2,1-3H3. The number of benzene rings is 2. The number of aromatic hydroxyl groups is 1. The lowest BCUT2D eigenvalue weighted by Gasteiger charge is -2.25. The van der Waals surface area contributed by atoms with Gasteiger partial charge in [0.2, 0.25) is 0 Å². The van der Waals surface area contributed by atoms with Gasteiger partial charge in [-0.15, -0.1) is 0 Å². The predicted octanol–water partition coefficient (Wildman–Crippen LogP) is 1.86. The molecule has 138 valence electrons. The highest BCUT2D eigenvalue weighted by Gasteiger charge is 2.33. The van der Waals surface area contributed by atoms with Crippen LogP contribution in [-0.2, 0) is 16.0 Å². The Morgan fingerprint density at radius 3 is 2.54 bits per heavy atom. The first-order chi connectivity index (χ1) is 12.3. The number of esters is 2. The van der Waals surface area contributed by atoms with E-state index in [-0.39, 0.29) is 17.9 Å². The second-order valence-electron chi connectivity index (χ2n) is 6.15. The summed E-state index contributed by atoms with van der Waals surface area (Å²) in [5, 5.41) is 10.0. The van der Waals surface area contributed by atoms with E-state index >= 15 is 0 Å². The van der Waals surface area contributed by atoms with E-state index in [1.54, 1.807) is 38.1 Å². The van der Waals surface area contributed by atoms with E-state index in [0.29, 0.717) is 11.1 Å². The summed E-state index contributed by atoms with van der Waals surface area (Å²) in [6, 6.07) is 11.5. The van der Waals surface area contributed by atoms with E-state index in [2.05, 4.69) is 5.43 Å². The van der Waals surface area contributed by atoms with Crippen LogP contribution < -0.4 is 16.0 Å². The highest BCUT2D eigenvalue weighted by molar-refractivity contribution is 5.92. The van der Waals surface area contributed by atoms with Crippen LogP contribution in [-0.4, -0.2) is 29.7 Å². The average molecular weight is 358 g/mol. The monoisotopic (exact) mass is 358 g/mol. The van der Waals surface area contributed by atoms with Crippen molar-refractivity contribution in [3.8, 4) is 11.5 Å². The first-order valence-corrected chi connectivity index (χ1v) is 7.96. The Kier molecular flexibility index (Phi) is 5.97. The van der Waals surface area contributed by atoms with Gasteiger partial charge in [-0.2, -0.15) is 0 Å². The maximum Gasteiger partial charge on any atom is 0.343 e. The van der Waals surface area contributed by atoms with Crippen molar-refractivity contribution >= 4 is 11.9 Å². The van der Waals surface area contributed by atoms with E-state index in [4.69, 9.17) is 15.3 Å². The molecule has 2 rings (SSSR count). The summed E-state index contributed by atoms with van der Waals surface area (Å²) >= 11 is 0. The number of aryl methyl sites for hydroxylation is 1. The summed E-state index contributed by atoms with van der Waals surface area (Å²) in [7, 11) is 1.27. The molecule has 0 saturated heterocycles. The normalized spacial score (nSPS) is 12.9. The number of nitrogens with one attached hydrogen (secondary N) is 1. The lowest BCUT2D eigenvalue weighted by molar-refractivity contribution is -0.147. The van der Waals surface area contributed by atoms with Crippen LogP contribution in [0.2, 0.25) is 0 Å². The third kappa shape index (κ3) is 4.19. The largest absolute Gasteiger partial charge is 0.504 e. The molecule has 2 aromatic carbocycles. The molecule has 0 aliphatic heterocycles. The molecule has 0 saturated carbocycles. The number of methoxy groups -OCH3 is 1. The second-order valence-corrected chi connectivity index (χ2v) is 6.15. The van der Waals surface area contributed by atoms with E-state index < -0.39 is 17.5 Å². The number of rotatable bonds is 6. The van der Waals surface area contributed by atoms with Gasteiger partial charge < -0.3 is 14.6 Å². The van der Waals surface area contributed by atoms with Gasteiger partial charge in [-0.3, -0.25) is 10.6 Å². The average Bonchev–Trinajstić information content (AvgIpc) is 2.63. The van der Waals surface area contributed by atoms with Crippen molar-refractivity contribution in [2.45, 2.75) is 25.8 Å². The fourth-order valence-electron chi connectivity index (χ4n) is 2.52. The second kappa shape index (κ2) is 7.99. The lowest BCUT2D eigenvalue weighted by atomic mass is 9.93. The van der Waals surface area contributed by atoms with E-state index in [1.165, 1.54) is 19.2 Å². The van der Waals surface area contributed by atoms with Crippen molar-refractivity contribution < 1.29 is 24.2 Å². The Bertz CT molecular complexity index is 821. The van der Waals surface area contributed by atoms with Crippen LogP contribution in [0.1, 0.15) is 28.4 Å². The van der Waals surface area contributed by atoms with E-state index in [1.807, 2.05) is 6.07 Å². The van der Waals surface area contributed by atoms with E-state index in [0.717, 1.165) is 5.56 Å². The summed E-state index contributed by atoms with van der Waals surface area (Å²) in [6.45, 7) is 3.38. The van der Waals surface area contributed by atoms with Gasteiger partial charge in [0.1, 0.15) is 5.54 Å². The fraction of sp³-hybridized carbons (Fsp3) is 0.263. The van der Waals surface area contributed by atoms with Gasteiger partial charge in [-0.1, -0.05) is 24.3 Å². The number of hydrogen-bond acceptors (Lipinski definition) is 7. The van der Waals surface area contributed by atoms with Crippen molar-refractivity contribution in [3.05, 3.63) is 59.2 Å². The molecular weight excluding hydrogens is 336 g/mol. The molecule has 0 spiro atoms. The zero-order valence-electron chi connectivity index (χ0n) is 14.9. The first-order valence-electron chi connectivity index (χ1n) is 7.96. The highest BCUT2D eigenvalue weighted by atomic mass is 16.5. The van der Waals surface area contributed by atoms with Gasteiger partial charge >= 0.3 is 11.9 Å². The van der Waals surface area contributed by atoms with Crippen LogP contribution in [0.25, 0.3) is 0 Å². The van der Waals surface area contributed by atoms with Crippen LogP contribution in [0.4, 0.5) is 0 Å². The number of nitrogens with two attached hydrogens (primary N) is 1. The molecule has 1 atom stereocenters. The molecule has 0 heterocycles. The van der Waals surface area contributed by atoms with Crippen LogP contribution in [0.15, 0.2) is 42.5 Å². The molecule has 0 fully saturated rings. The maximum absolute atomic E-state index is 12.4. The van der Waals surface area contributed by atoms with Gasteiger partial charge in [0, 0.05) is 6.42 Å². The minimum atomic E-state index is -1.16. The van der Waals surface area contributed by atoms with Gasteiger partial charge in [0.05, 0.1) is 12.7 Å². The van der Waals surface area contributed by atoms with Gasteiger partial charge in [-0.25, -0.2) is 10.2 Å². The van der Waals surface area contributed by atoms with Crippen LogP contribution in [0, 0.1) is 6.92 Å². The zero-order valence-corrected chi connectivity index (χ0v) is 14.9. The van der Waals surface area contributed by atoms with Crippen molar-refractivity contribution in [1.82, 2.24) is 5.43 Å². The molecule has 2 aromatic rings. The molecule has 0 aliphatic carbocycles. The smallest absolute Gasteiger partial charge is 0.343 e. The first kappa shape index (κ1) is 19.4. The Morgan fingerprint density at radius 1 is 1.23 bits per heavy atom. The van der Waals surface area contributed by atoms with Crippen LogP contribution >= 0.6 is 0 Å². The molecule has 0 aliphatic rings. The Morgan fingerprint density at radius 2 is 1.92 bits per heavy atom. The third-order valence-electron chi connectivity index (χ3n) is 4.10. The summed E-state index contributed by atoms with van der Waals surface area (Å²) < 4.78 is 10.1. The molecular formula is C19H22N2O5. The third-order valence-corrected chi connectivity index (χ3v) is 4.10. The number of carbonyl (C=O) groups excluding carboxylic acids is 2. The number of phenols is 1. The topological polar surface area (TPSA) is 111 Å². The Hall–Kier alpha value is -2.90. The minimum absolute atomic E-state index is 0.00000898. The summed E-state index contributed by atoms with van der Waals surface area (Å²) in [6.07, 6.45) is 0.172. The molecule has 0 amide bonds. The Labute approximate surface area is 151 Å². The highest BCUT2D eigenvalue weighted by Crippen LogP contribution is 2.29. The molecule has 7 nitrogen and oxygen atoms in total. The SMILES string of the molecule is COC(=O)C(C)(Cc1ccc(O)c(OC(=O)c2ccccc2C)c1)NN. The molecule has 26 heavy (non-hydrogen) atoms. The molecule has 0 aromatic heterocycles. The maximum atomic E-state index is 12.4. The quantitative estimate of drug-likeness (QED) is 0.313. The zero-order chi connectivity index (χ0) is 19.3. The van der Waals surface area contributed by atoms with Gasteiger partial charge in [0.25, 0.3) is 0 Å². The van der Waals surface area contributed by atoms with Gasteiger partial charge in [0.15, 0.2) is 11.5 Å². The summed E-state index contributed by atoms with van der Waals surface area (Å²) in [4.78, 5) is 24.3. The fourth-order valence-corrected chi connectivity index (χ4v) is 2.52. The summed E-state index contributed by atoms with van der Waals surface area (Å²) in [5.41, 5.74) is 3.07. The van der Waals surface area contributed by atoms with Gasteiger partial charge in [-0.05, 0) is 43.2 Å². The summed E-state index contributed by atoms with van der Waals surface area (Å²) in [5.74, 6) is 4.19. The number of hydrazine groups is 1. The van der Waals surface area contributed by atoms with Crippen LogP contribution in [0.5, 0.6) is 11.5 Å². The predicted molar refractivity (Wildman–Crippen MR) is 95.7 cm³/mol. The molecule has 7 heteroatoms. The molecule has 0 bridgehead atoms.